The van der Waals surface area contributed by atoms with Gasteiger partial charge in [-0.1, -0.05) is 6.07 Å². The molecule has 1 unspecified atom stereocenters. The normalized spacial score (nSPS) is 20.4. The maximum Gasteiger partial charge on any atom is 0.0371 e. The molecule has 1 heterocycles. The van der Waals surface area contributed by atoms with Gasteiger partial charge in [0.25, 0.3) is 0 Å². The summed E-state index contributed by atoms with van der Waals surface area (Å²) in [5.74, 6) is 0. The Hall–Kier alpha value is -1.02. The molecule has 0 aromatic heterocycles. The summed E-state index contributed by atoms with van der Waals surface area (Å²) < 4.78 is 0. The Bertz CT molecular complexity index is 360. The highest BCUT2D eigenvalue weighted by atomic mass is 15.2. The molecule has 0 spiro atoms. The highest BCUT2D eigenvalue weighted by molar-refractivity contribution is 5.52. The van der Waals surface area contributed by atoms with E-state index in [1.165, 1.54) is 36.2 Å². The van der Waals surface area contributed by atoms with E-state index in [1.54, 1.807) is 0 Å². The second kappa shape index (κ2) is 4.88. The van der Waals surface area contributed by atoms with E-state index >= 15 is 0 Å². The molecule has 1 aliphatic rings. The molecule has 2 rings (SSSR count). The van der Waals surface area contributed by atoms with Crippen molar-refractivity contribution >= 4 is 5.69 Å². The third kappa shape index (κ3) is 2.22. The number of nitrogens with two attached hydrogens (primary N) is 1. The standard InChI is InChI=1S/C14H22N2/c1-11-10-14(6-5-13(11)7-8-15)16-9-3-4-12(16)2/h5-6,10,12H,3-4,7-9,15H2,1-2H3. The van der Waals surface area contributed by atoms with Crippen molar-refractivity contribution < 1.29 is 0 Å². The number of hydrogen-bond acceptors (Lipinski definition) is 2. The van der Waals surface area contributed by atoms with Crippen molar-refractivity contribution in [1.82, 2.24) is 0 Å². The number of rotatable bonds is 3. The number of benzene rings is 1. The van der Waals surface area contributed by atoms with Crippen LogP contribution in [-0.2, 0) is 6.42 Å². The van der Waals surface area contributed by atoms with E-state index in [9.17, 15) is 0 Å². The van der Waals surface area contributed by atoms with Gasteiger partial charge in [-0.15, -0.1) is 0 Å². The minimum Gasteiger partial charge on any atom is -0.369 e. The third-order valence-corrected chi connectivity index (χ3v) is 3.62. The number of aryl methyl sites for hydroxylation is 1. The molecule has 1 aromatic rings. The van der Waals surface area contributed by atoms with E-state index in [0.29, 0.717) is 6.04 Å². The Labute approximate surface area is 98.4 Å². The van der Waals surface area contributed by atoms with Crippen LogP contribution in [-0.4, -0.2) is 19.1 Å². The lowest BCUT2D eigenvalue weighted by Gasteiger charge is -2.24. The summed E-state index contributed by atoms with van der Waals surface area (Å²) in [6.45, 7) is 6.45. The Kier molecular flexibility index (Phi) is 3.49. The van der Waals surface area contributed by atoms with Crippen molar-refractivity contribution in [2.45, 2.75) is 39.2 Å². The van der Waals surface area contributed by atoms with Crippen LogP contribution in [0.15, 0.2) is 18.2 Å². The maximum atomic E-state index is 5.60. The van der Waals surface area contributed by atoms with Crippen LogP contribution in [0.3, 0.4) is 0 Å². The van der Waals surface area contributed by atoms with Gasteiger partial charge in [0.05, 0.1) is 0 Å². The molecule has 0 amide bonds. The number of hydrogen-bond donors (Lipinski definition) is 1. The Morgan fingerprint density at radius 3 is 2.81 bits per heavy atom. The molecule has 88 valence electrons. The maximum absolute atomic E-state index is 5.60. The molecule has 0 saturated carbocycles. The van der Waals surface area contributed by atoms with Crippen LogP contribution in [0.5, 0.6) is 0 Å². The molecule has 16 heavy (non-hydrogen) atoms. The van der Waals surface area contributed by atoms with Crippen molar-refractivity contribution in [3.05, 3.63) is 29.3 Å². The molecule has 0 radical (unpaired) electrons. The zero-order valence-electron chi connectivity index (χ0n) is 10.4. The summed E-state index contributed by atoms with van der Waals surface area (Å²) in [6.07, 6.45) is 3.63. The Morgan fingerprint density at radius 1 is 1.44 bits per heavy atom. The smallest absolute Gasteiger partial charge is 0.0371 e. The van der Waals surface area contributed by atoms with Crippen LogP contribution in [0.4, 0.5) is 5.69 Å². The van der Waals surface area contributed by atoms with Gasteiger partial charge in [-0.3, -0.25) is 0 Å². The number of anilines is 1. The highest BCUT2D eigenvalue weighted by Crippen LogP contribution is 2.27. The first-order valence-electron chi connectivity index (χ1n) is 6.28. The van der Waals surface area contributed by atoms with E-state index < -0.39 is 0 Å². The van der Waals surface area contributed by atoms with E-state index in [4.69, 9.17) is 5.73 Å². The highest BCUT2D eigenvalue weighted by Gasteiger charge is 2.20. The van der Waals surface area contributed by atoms with Gasteiger partial charge in [-0.25, -0.2) is 0 Å². The van der Waals surface area contributed by atoms with Crippen molar-refractivity contribution in [3.63, 3.8) is 0 Å². The van der Waals surface area contributed by atoms with Gasteiger partial charge in [0.2, 0.25) is 0 Å². The van der Waals surface area contributed by atoms with Gasteiger partial charge < -0.3 is 10.6 Å². The van der Waals surface area contributed by atoms with Gasteiger partial charge in [-0.2, -0.15) is 0 Å². The quantitative estimate of drug-likeness (QED) is 0.844. The van der Waals surface area contributed by atoms with Gasteiger partial charge in [-0.05, 0) is 62.9 Å². The van der Waals surface area contributed by atoms with Crippen LogP contribution in [0, 0.1) is 6.92 Å². The van der Waals surface area contributed by atoms with Crippen LogP contribution in [0.2, 0.25) is 0 Å². The van der Waals surface area contributed by atoms with Crippen molar-refractivity contribution in [3.8, 4) is 0 Å². The fourth-order valence-corrected chi connectivity index (χ4v) is 2.61. The Balaban J connectivity index is 2.20. The van der Waals surface area contributed by atoms with E-state index in [0.717, 1.165) is 13.0 Å². The summed E-state index contributed by atoms with van der Waals surface area (Å²) in [5, 5.41) is 0. The van der Waals surface area contributed by atoms with Crippen molar-refractivity contribution in [2.24, 2.45) is 5.73 Å². The molecule has 2 N–H and O–H groups in total. The first-order valence-corrected chi connectivity index (χ1v) is 6.28. The fraction of sp³-hybridized carbons (Fsp3) is 0.571. The lowest BCUT2D eigenvalue weighted by Crippen LogP contribution is -2.26. The van der Waals surface area contributed by atoms with Crippen LogP contribution in [0.1, 0.15) is 30.9 Å². The molecule has 2 heteroatoms. The monoisotopic (exact) mass is 218 g/mol. The summed E-state index contributed by atoms with van der Waals surface area (Å²) in [6, 6.07) is 7.50. The minimum absolute atomic E-state index is 0.694. The van der Waals surface area contributed by atoms with Crippen LogP contribution < -0.4 is 10.6 Å². The molecule has 0 bridgehead atoms. The summed E-state index contributed by atoms with van der Waals surface area (Å²) in [7, 11) is 0. The zero-order chi connectivity index (χ0) is 11.5. The molecule has 1 fully saturated rings. The van der Waals surface area contributed by atoms with Crippen molar-refractivity contribution in [1.29, 1.82) is 0 Å². The first-order chi connectivity index (χ1) is 7.72. The molecule has 1 aliphatic heterocycles. The lowest BCUT2D eigenvalue weighted by atomic mass is 10.0. The third-order valence-electron chi connectivity index (χ3n) is 3.62. The second-order valence-electron chi connectivity index (χ2n) is 4.83. The second-order valence-corrected chi connectivity index (χ2v) is 4.83. The predicted octanol–water partition coefficient (Wildman–Crippen LogP) is 2.48. The van der Waals surface area contributed by atoms with Crippen LogP contribution >= 0.6 is 0 Å². The molecular weight excluding hydrogens is 196 g/mol. The molecule has 0 aliphatic carbocycles. The molecule has 2 nitrogen and oxygen atoms in total. The fourth-order valence-electron chi connectivity index (χ4n) is 2.61. The largest absolute Gasteiger partial charge is 0.369 e. The first kappa shape index (κ1) is 11.5. The molecule has 1 atom stereocenters. The average molecular weight is 218 g/mol. The van der Waals surface area contributed by atoms with E-state index in [1.807, 2.05) is 0 Å². The minimum atomic E-state index is 0.694. The lowest BCUT2D eigenvalue weighted by molar-refractivity contribution is 0.734. The summed E-state index contributed by atoms with van der Waals surface area (Å²) in [4.78, 5) is 2.51. The van der Waals surface area contributed by atoms with Crippen molar-refractivity contribution in [2.75, 3.05) is 18.0 Å². The van der Waals surface area contributed by atoms with E-state index in [2.05, 4.69) is 36.9 Å². The van der Waals surface area contributed by atoms with Gasteiger partial charge in [0.1, 0.15) is 0 Å². The topological polar surface area (TPSA) is 29.3 Å². The molecular formula is C14H22N2. The average Bonchev–Trinajstić information content (AvgIpc) is 2.68. The molecule has 1 aromatic carbocycles. The molecule has 1 saturated heterocycles. The van der Waals surface area contributed by atoms with E-state index in [-0.39, 0.29) is 0 Å². The summed E-state index contributed by atoms with van der Waals surface area (Å²) >= 11 is 0. The van der Waals surface area contributed by atoms with Gasteiger partial charge in [0, 0.05) is 18.3 Å². The van der Waals surface area contributed by atoms with Gasteiger partial charge in [0.15, 0.2) is 0 Å². The van der Waals surface area contributed by atoms with Crippen LogP contribution in [0.25, 0.3) is 0 Å². The summed E-state index contributed by atoms with van der Waals surface area (Å²) in [5.41, 5.74) is 9.74. The predicted molar refractivity (Wildman–Crippen MR) is 70.0 cm³/mol. The Morgan fingerprint density at radius 2 is 2.25 bits per heavy atom. The number of nitrogens with zero attached hydrogens (tertiary/aromatic N) is 1. The van der Waals surface area contributed by atoms with Gasteiger partial charge >= 0.3 is 0 Å². The SMILES string of the molecule is Cc1cc(N2CCCC2C)ccc1CCN. The zero-order valence-corrected chi connectivity index (χ0v) is 10.4.